The van der Waals surface area contributed by atoms with Crippen LogP contribution in [-0.2, 0) is 9.53 Å². The fraction of sp³-hybridized carbons (Fsp3) is 0.889. The van der Waals surface area contributed by atoms with Gasteiger partial charge >= 0.3 is 0 Å². The zero-order chi connectivity index (χ0) is 11.4. The van der Waals surface area contributed by atoms with Gasteiger partial charge in [-0.15, -0.1) is 0 Å². The van der Waals surface area contributed by atoms with Crippen LogP contribution in [0.2, 0.25) is 0 Å². The van der Waals surface area contributed by atoms with Crippen molar-refractivity contribution in [2.24, 2.45) is 5.73 Å². The summed E-state index contributed by atoms with van der Waals surface area (Å²) >= 11 is 0. The molecule has 0 radical (unpaired) electrons. The lowest BCUT2D eigenvalue weighted by Gasteiger charge is -2.23. The highest BCUT2D eigenvalue weighted by Crippen LogP contribution is 2.06. The van der Waals surface area contributed by atoms with Gasteiger partial charge in [0.1, 0.15) is 5.60 Å². The van der Waals surface area contributed by atoms with Crippen LogP contribution in [0.1, 0.15) is 20.8 Å². The van der Waals surface area contributed by atoms with Crippen molar-refractivity contribution < 1.29 is 14.6 Å². The predicted molar refractivity (Wildman–Crippen MR) is 53.8 cm³/mol. The molecule has 0 rings (SSSR count). The number of hydrogen-bond donors (Lipinski definition) is 3. The van der Waals surface area contributed by atoms with Crippen molar-refractivity contribution in [3.8, 4) is 0 Å². The normalized spacial score (nSPS) is 16.1. The first-order valence-corrected chi connectivity index (χ1v) is 4.58. The van der Waals surface area contributed by atoms with Gasteiger partial charge in [-0.2, -0.15) is 0 Å². The number of ether oxygens (including phenoxy) is 1. The van der Waals surface area contributed by atoms with Gasteiger partial charge in [0.2, 0.25) is 0 Å². The summed E-state index contributed by atoms with van der Waals surface area (Å²) in [4.78, 5) is 11.4. The number of aliphatic hydroxyl groups is 1. The van der Waals surface area contributed by atoms with E-state index in [2.05, 4.69) is 5.32 Å². The highest BCUT2D eigenvalue weighted by atomic mass is 16.5. The van der Waals surface area contributed by atoms with E-state index in [0.29, 0.717) is 0 Å². The van der Waals surface area contributed by atoms with Gasteiger partial charge in [-0.3, -0.25) is 4.79 Å². The second-order valence-electron chi connectivity index (χ2n) is 3.83. The van der Waals surface area contributed by atoms with Gasteiger partial charge in [-0.05, 0) is 20.8 Å². The summed E-state index contributed by atoms with van der Waals surface area (Å²) in [6, 6.07) is -0.452. The van der Waals surface area contributed by atoms with Crippen molar-refractivity contribution >= 4 is 5.91 Å². The van der Waals surface area contributed by atoms with Crippen molar-refractivity contribution in [1.29, 1.82) is 0 Å². The van der Waals surface area contributed by atoms with E-state index in [1.807, 2.05) is 0 Å². The molecule has 14 heavy (non-hydrogen) atoms. The van der Waals surface area contributed by atoms with E-state index in [1.165, 1.54) is 7.11 Å². The molecule has 0 spiro atoms. The molecule has 5 heteroatoms. The summed E-state index contributed by atoms with van der Waals surface area (Å²) in [6.07, 6.45) is -0.638. The largest absolute Gasteiger partial charge is 0.392 e. The number of nitrogens with one attached hydrogen (secondary N) is 1. The van der Waals surface area contributed by atoms with Crippen molar-refractivity contribution in [3.05, 3.63) is 0 Å². The lowest BCUT2D eigenvalue weighted by molar-refractivity contribution is -0.139. The molecule has 0 aromatic rings. The summed E-state index contributed by atoms with van der Waals surface area (Å²) in [6.45, 7) is 5.15. The quantitative estimate of drug-likeness (QED) is 0.549. The summed E-state index contributed by atoms with van der Waals surface area (Å²) < 4.78 is 4.98. The van der Waals surface area contributed by atoms with E-state index in [1.54, 1.807) is 20.8 Å². The van der Waals surface area contributed by atoms with E-state index in [-0.39, 0.29) is 12.5 Å². The van der Waals surface area contributed by atoms with E-state index in [0.717, 1.165) is 0 Å². The van der Waals surface area contributed by atoms with Crippen LogP contribution >= 0.6 is 0 Å². The van der Waals surface area contributed by atoms with E-state index in [9.17, 15) is 4.79 Å². The first-order valence-electron chi connectivity index (χ1n) is 4.58. The molecule has 0 aromatic carbocycles. The average Bonchev–Trinajstić information content (AvgIpc) is 2.13. The molecule has 1 amide bonds. The van der Waals surface area contributed by atoms with Crippen LogP contribution in [0.3, 0.4) is 0 Å². The van der Waals surface area contributed by atoms with Gasteiger partial charge in [-0.25, -0.2) is 0 Å². The van der Waals surface area contributed by atoms with Gasteiger partial charge in [0.15, 0.2) is 0 Å². The molecular weight excluding hydrogens is 184 g/mol. The zero-order valence-corrected chi connectivity index (χ0v) is 9.20. The first kappa shape index (κ1) is 13.4. The Morgan fingerprint density at radius 3 is 2.50 bits per heavy atom. The minimum Gasteiger partial charge on any atom is -0.392 e. The van der Waals surface area contributed by atoms with Crippen LogP contribution in [0.25, 0.3) is 0 Å². The topological polar surface area (TPSA) is 84.6 Å². The highest BCUT2D eigenvalue weighted by Gasteiger charge is 2.27. The molecule has 0 aliphatic heterocycles. The van der Waals surface area contributed by atoms with Gasteiger partial charge in [-0.1, -0.05) is 0 Å². The van der Waals surface area contributed by atoms with Crippen LogP contribution in [0.5, 0.6) is 0 Å². The summed E-state index contributed by atoms with van der Waals surface area (Å²) in [5.74, 6) is -0.240. The molecule has 5 nitrogen and oxygen atoms in total. The number of amides is 1. The molecule has 84 valence electrons. The molecule has 0 saturated heterocycles. The molecule has 2 unspecified atom stereocenters. The molecule has 4 N–H and O–H groups in total. The van der Waals surface area contributed by atoms with Crippen LogP contribution in [0.15, 0.2) is 0 Å². The van der Waals surface area contributed by atoms with Crippen LogP contribution in [0, 0.1) is 0 Å². The first-order chi connectivity index (χ1) is 6.31. The molecule has 0 saturated carbocycles. The second-order valence-corrected chi connectivity index (χ2v) is 3.83. The number of rotatable bonds is 5. The number of hydrogen-bond acceptors (Lipinski definition) is 4. The van der Waals surface area contributed by atoms with Crippen molar-refractivity contribution in [1.82, 2.24) is 5.32 Å². The van der Waals surface area contributed by atoms with Gasteiger partial charge < -0.3 is 20.9 Å². The summed E-state index contributed by atoms with van der Waals surface area (Å²) in [5.41, 5.74) is 4.68. The molecule has 0 aliphatic rings. The van der Waals surface area contributed by atoms with E-state index in [4.69, 9.17) is 15.6 Å². The number of carbonyl (C=O) groups is 1. The third-order valence-electron chi connectivity index (χ3n) is 2.18. The molecule has 0 heterocycles. The van der Waals surface area contributed by atoms with Crippen LogP contribution in [0.4, 0.5) is 0 Å². The van der Waals surface area contributed by atoms with Crippen molar-refractivity contribution in [2.75, 3.05) is 13.7 Å². The number of aliphatic hydroxyl groups excluding tert-OH is 1. The third-order valence-corrected chi connectivity index (χ3v) is 2.18. The minimum atomic E-state index is -0.863. The second kappa shape index (κ2) is 5.29. The fourth-order valence-corrected chi connectivity index (χ4v) is 0.687. The minimum absolute atomic E-state index is 0.239. The molecule has 0 aliphatic carbocycles. The van der Waals surface area contributed by atoms with Crippen LogP contribution < -0.4 is 11.1 Å². The SMILES string of the molecule is COC(C)(C)C(=O)NCC(N)C(C)O. The fourth-order valence-electron chi connectivity index (χ4n) is 0.687. The molecule has 2 atom stereocenters. The Hall–Kier alpha value is -0.650. The average molecular weight is 204 g/mol. The Morgan fingerprint density at radius 1 is 1.64 bits per heavy atom. The van der Waals surface area contributed by atoms with Gasteiger partial charge in [0.05, 0.1) is 6.10 Å². The van der Waals surface area contributed by atoms with Crippen LogP contribution in [-0.4, -0.2) is 42.4 Å². The number of carbonyl (C=O) groups excluding carboxylic acids is 1. The number of nitrogens with two attached hydrogens (primary N) is 1. The molecule has 0 aromatic heterocycles. The Labute approximate surface area is 84.6 Å². The van der Waals surface area contributed by atoms with Gasteiger partial charge in [0, 0.05) is 19.7 Å². The maximum atomic E-state index is 11.4. The van der Waals surface area contributed by atoms with E-state index >= 15 is 0 Å². The smallest absolute Gasteiger partial charge is 0.251 e. The Balaban J connectivity index is 3.97. The maximum Gasteiger partial charge on any atom is 0.251 e. The standard InChI is InChI=1S/C9H20N2O3/c1-6(12)7(10)5-11-8(13)9(2,3)14-4/h6-7,12H,5,10H2,1-4H3,(H,11,13). The molecular formula is C9H20N2O3. The molecule has 0 fully saturated rings. The number of methoxy groups -OCH3 is 1. The van der Waals surface area contributed by atoms with Gasteiger partial charge in [0.25, 0.3) is 5.91 Å². The Bertz CT molecular complexity index is 192. The van der Waals surface area contributed by atoms with Crippen molar-refractivity contribution in [3.63, 3.8) is 0 Å². The lowest BCUT2D eigenvalue weighted by Crippen LogP contribution is -2.50. The Morgan fingerprint density at radius 2 is 2.14 bits per heavy atom. The monoisotopic (exact) mass is 204 g/mol. The summed E-state index contributed by atoms with van der Waals surface area (Å²) in [7, 11) is 1.47. The maximum absolute atomic E-state index is 11.4. The van der Waals surface area contributed by atoms with Crippen molar-refractivity contribution in [2.45, 2.75) is 38.5 Å². The van der Waals surface area contributed by atoms with E-state index < -0.39 is 17.7 Å². The summed E-state index contributed by atoms with van der Waals surface area (Å²) in [5, 5.41) is 11.7. The predicted octanol–water partition coefficient (Wildman–Crippen LogP) is -0.764. The highest BCUT2D eigenvalue weighted by molar-refractivity contribution is 5.84. The Kier molecular flexibility index (Phi) is 5.04. The lowest BCUT2D eigenvalue weighted by atomic mass is 10.1. The third kappa shape index (κ3) is 4.04. The zero-order valence-electron chi connectivity index (χ0n) is 9.20. The molecule has 0 bridgehead atoms.